The Morgan fingerprint density at radius 1 is 0.968 bits per heavy atom. The van der Waals surface area contributed by atoms with E-state index in [0.717, 1.165) is 0 Å². The van der Waals surface area contributed by atoms with Crippen molar-refractivity contribution in [3.8, 4) is 28.2 Å². The third-order valence-corrected chi connectivity index (χ3v) is 4.88. The molecule has 1 aliphatic carbocycles. The van der Waals surface area contributed by atoms with Crippen LogP contribution in [0.15, 0.2) is 63.8 Å². The molecule has 1 heterocycles. The molecule has 7 heteroatoms. The molecular formula is C24H19NO6. The van der Waals surface area contributed by atoms with Crippen LogP contribution in [0.2, 0.25) is 0 Å². The van der Waals surface area contributed by atoms with Gasteiger partial charge in [-0.05, 0) is 55.8 Å². The number of phenolic OH excluding ortho intramolecular Hbond substituents is 1. The number of carboxylic acid groups (broad SMARTS) is 1. The van der Waals surface area contributed by atoms with E-state index in [1.165, 1.54) is 30.3 Å². The predicted molar refractivity (Wildman–Crippen MR) is 116 cm³/mol. The third kappa shape index (κ3) is 3.73. The van der Waals surface area contributed by atoms with Gasteiger partial charge in [-0.3, -0.25) is 9.59 Å². The molecule has 0 spiro atoms. The van der Waals surface area contributed by atoms with Crippen LogP contribution in [0.25, 0.3) is 33.4 Å². The molecule has 0 radical (unpaired) electrons. The van der Waals surface area contributed by atoms with E-state index in [0.29, 0.717) is 27.7 Å². The molecule has 1 aliphatic heterocycles. The van der Waals surface area contributed by atoms with Gasteiger partial charge in [0.2, 0.25) is 0 Å². The monoisotopic (exact) mass is 417 g/mol. The Morgan fingerprint density at radius 2 is 1.71 bits per heavy atom. The van der Waals surface area contributed by atoms with E-state index < -0.39 is 5.97 Å². The number of fused-ring (bicyclic) bond motifs is 2. The third-order valence-electron chi connectivity index (χ3n) is 4.88. The topological polar surface area (TPSA) is 117 Å². The summed E-state index contributed by atoms with van der Waals surface area (Å²) in [5, 5.41) is 23.1. The number of carboxylic acids is 1. The largest absolute Gasteiger partial charge is 0.508 e. The Kier molecular flexibility index (Phi) is 4.94. The van der Waals surface area contributed by atoms with E-state index in [2.05, 4.69) is 5.32 Å². The molecule has 4 rings (SSSR count). The standard InChI is InChI=1S/C24H19NO6/c1-12(2)25-23(28)13-3-6-16(19(9-13)24(29)30)22-17-7-4-14(26)10-20(17)31-21-11-15(27)5-8-18(21)22/h3-12,26H,1-2H3,(H,25,28)(H,29,30). The highest BCUT2D eigenvalue weighted by atomic mass is 16.4. The molecule has 0 fully saturated rings. The minimum Gasteiger partial charge on any atom is -0.508 e. The number of hydrogen-bond acceptors (Lipinski definition) is 5. The number of carbonyl (C=O) groups is 2. The Morgan fingerprint density at radius 3 is 2.42 bits per heavy atom. The predicted octanol–water partition coefficient (Wildman–Crippen LogP) is 4.11. The number of aromatic hydroxyl groups is 1. The normalized spacial score (nSPS) is 11.2. The highest BCUT2D eigenvalue weighted by Gasteiger charge is 2.23. The summed E-state index contributed by atoms with van der Waals surface area (Å²) in [5.74, 6) is -1.34. The van der Waals surface area contributed by atoms with Gasteiger partial charge in [0.1, 0.15) is 17.1 Å². The average Bonchev–Trinajstić information content (AvgIpc) is 2.70. The van der Waals surface area contributed by atoms with Gasteiger partial charge in [0.25, 0.3) is 5.91 Å². The van der Waals surface area contributed by atoms with Gasteiger partial charge in [0.15, 0.2) is 5.43 Å². The van der Waals surface area contributed by atoms with Crippen LogP contribution in [0.1, 0.15) is 34.6 Å². The quantitative estimate of drug-likeness (QED) is 0.430. The molecule has 0 aromatic heterocycles. The number of nitrogens with one attached hydrogen (secondary N) is 1. The summed E-state index contributed by atoms with van der Waals surface area (Å²) in [6.45, 7) is 3.63. The Labute approximate surface area is 176 Å². The molecule has 7 nitrogen and oxygen atoms in total. The van der Waals surface area contributed by atoms with E-state index in [-0.39, 0.29) is 40.0 Å². The van der Waals surface area contributed by atoms with E-state index in [1.54, 1.807) is 24.3 Å². The van der Waals surface area contributed by atoms with Crippen molar-refractivity contribution in [2.45, 2.75) is 19.9 Å². The first-order valence-electron chi connectivity index (χ1n) is 9.63. The summed E-state index contributed by atoms with van der Waals surface area (Å²) in [6, 6.07) is 13.1. The summed E-state index contributed by atoms with van der Waals surface area (Å²) < 4.78 is 5.80. The maximum atomic E-state index is 12.4. The molecule has 2 aliphatic rings. The molecule has 2 aromatic rings. The second-order valence-corrected chi connectivity index (χ2v) is 7.51. The van der Waals surface area contributed by atoms with Crippen LogP contribution in [0, 0.1) is 0 Å². The van der Waals surface area contributed by atoms with Gasteiger partial charge >= 0.3 is 5.97 Å². The summed E-state index contributed by atoms with van der Waals surface area (Å²) in [7, 11) is 0. The van der Waals surface area contributed by atoms with E-state index >= 15 is 0 Å². The number of phenols is 1. The van der Waals surface area contributed by atoms with Crippen molar-refractivity contribution >= 4 is 22.8 Å². The lowest BCUT2D eigenvalue weighted by Gasteiger charge is -2.17. The van der Waals surface area contributed by atoms with Crippen molar-refractivity contribution in [3.63, 3.8) is 0 Å². The highest BCUT2D eigenvalue weighted by Crippen LogP contribution is 2.42. The van der Waals surface area contributed by atoms with Crippen molar-refractivity contribution in [2.75, 3.05) is 0 Å². The van der Waals surface area contributed by atoms with Crippen molar-refractivity contribution in [1.29, 1.82) is 0 Å². The van der Waals surface area contributed by atoms with Gasteiger partial charge in [-0.25, -0.2) is 4.79 Å². The molecule has 31 heavy (non-hydrogen) atoms. The van der Waals surface area contributed by atoms with Crippen LogP contribution in [0.5, 0.6) is 5.75 Å². The lowest BCUT2D eigenvalue weighted by Crippen LogP contribution is -2.30. The second-order valence-electron chi connectivity index (χ2n) is 7.51. The van der Waals surface area contributed by atoms with E-state index in [4.69, 9.17) is 4.42 Å². The number of amides is 1. The van der Waals surface area contributed by atoms with Gasteiger partial charge in [0.05, 0.1) is 5.56 Å². The summed E-state index contributed by atoms with van der Waals surface area (Å²) in [4.78, 5) is 36.4. The highest BCUT2D eigenvalue weighted by molar-refractivity contribution is 6.09. The molecule has 0 atom stereocenters. The summed E-state index contributed by atoms with van der Waals surface area (Å²) in [6.07, 6.45) is 0. The van der Waals surface area contributed by atoms with Gasteiger partial charge < -0.3 is 19.9 Å². The lowest BCUT2D eigenvalue weighted by atomic mass is 9.90. The molecule has 3 N–H and O–H groups in total. The summed E-state index contributed by atoms with van der Waals surface area (Å²) in [5.41, 5.74) is 1.63. The maximum absolute atomic E-state index is 12.4. The fourth-order valence-corrected chi connectivity index (χ4v) is 3.58. The van der Waals surface area contributed by atoms with Gasteiger partial charge in [-0.2, -0.15) is 0 Å². The van der Waals surface area contributed by atoms with Gasteiger partial charge in [-0.15, -0.1) is 0 Å². The first-order valence-corrected chi connectivity index (χ1v) is 9.63. The molecule has 0 saturated heterocycles. The molecule has 2 aromatic carbocycles. The lowest BCUT2D eigenvalue weighted by molar-refractivity contribution is 0.0697. The van der Waals surface area contributed by atoms with Crippen LogP contribution in [0.4, 0.5) is 0 Å². The van der Waals surface area contributed by atoms with Crippen LogP contribution >= 0.6 is 0 Å². The van der Waals surface area contributed by atoms with Crippen LogP contribution < -0.4 is 10.7 Å². The van der Waals surface area contributed by atoms with E-state index in [9.17, 15) is 24.6 Å². The number of aromatic carboxylic acids is 1. The van der Waals surface area contributed by atoms with Gasteiger partial charge in [-0.1, -0.05) is 6.07 Å². The molecule has 0 saturated carbocycles. The first-order chi connectivity index (χ1) is 14.7. The van der Waals surface area contributed by atoms with Crippen LogP contribution in [-0.2, 0) is 0 Å². The minimum absolute atomic E-state index is 0.0287. The zero-order valence-electron chi connectivity index (χ0n) is 16.8. The number of hydrogen-bond donors (Lipinski definition) is 3. The second kappa shape index (κ2) is 7.60. The van der Waals surface area contributed by atoms with E-state index in [1.807, 2.05) is 13.8 Å². The first kappa shape index (κ1) is 20.2. The zero-order chi connectivity index (χ0) is 22.3. The maximum Gasteiger partial charge on any atom is 0.336 e. The number of rotatable bonds is 4. The smallest absolute Gasteiger partial charge is 0.336 e. The summed E-state index contributed by atoms with van der Waals surface area (Å²) >= 11 is 0. The fourth-order valence-electron chi connectivity index (χ4n) is 3.58. The average molecular weight is 417 g/mol. The Balaban J connectivity index is 2.04. The van der Waals surface area contributed by atoms with Crippen molar-refractivity contribution in [2.24, 2.45) is 0 Å². The molecule has 156 valence electrons. The molecule has 0 unspecified atom stereocenters. The zero-order valence-corrected chi connectivity index (χ0v) is 16.8. The van der Waals surface area contributed by atoms with Gasteiger partial charge in [0, 0.05) is 40.3 Å². The Hall–Kier alpha value is -4.13. The SMILES string of the molecule is CC(C)NC(=O)c1ccc(-c2c3ccc(=O)cc-3oc3cc(O)ccc23)c(C(=O)O)c1. The molecule has 0 bridgehead atoms. The van der Waals surface area contributed by atoms with Crippen LogP contribution in [-0.4, -0.2) is 28.1 Å². The van der Waals surface area contributed by atoms with Crippen molar-refractivity contribution in [1.82, 2.24) is 5.32 Å². The minimum atomic E-state index is -1.20. The van der Waals surface area contributed by atoms with Crippen LogP contribution in [0.3, 0.4) is 0 Å². The Bertz CT molecular complexity index is 1370. The fraction of sp³-hybridized carbons (Fsp3) is 0.125. The van der Waals surface area contributed by atoms with Crippen molar-refractivity contribution in [3.05, 3.63) is 75.9 Å². The molecular weight excluding hydrogens is 398 g/mol. The number of carbonyl (C=O) groups excluding carboxylic acids is 1. The number of benzene rings is 3. The molecule has 1 amide bonds. The van der Waals surface area contributed by atoms with Crippen molar-refractivity contribution < 1.29 is 24.2 Å².